The van der Waals surface area contributed by atoms with E-state index in [1.165, 1.54) is 17.0 Å². The van der Waals surface area contributed by atoms with Crippen molar-refractivity contribution in [3.63, 3.8) is 0 Å². The van der Waals surface area contributed by atoms with Gasteiger partial charge in [-0.3, -0.25) is 0 Å². The summed E-state index contributed by atoms with van der Waals surface area (Å²) in [7, 11) is 0. The molecule has 20 heavy (non-hydrogen) atoms. The minimum Gasteiger partial charge on any atom is -0.384 e. The fourth-order valence-electron chi connectivity index (χ4n) is 1.90. The molecule has 0 atom stereocenters. The quantitative estimate of drug-likeness (QED) is 0.873. The summed E-state index contributed by atoms with van der Waals surface area (Å²) in [5.74, 6) is 5.32. The van der Waals surface area contributed by atoms with Crippen molar-refractivity contribution in [2.75, 3.05) is 18.1 Å². The van der Waals surface area contributed by atoms with E-state index in [-0.39, 0.29) is 12.4 Å². The minimum absolute atomic E-state index is 0.123. The minimum atomic E-state index is -0.220. The lowest BCUT2D eigenvalue weighted by atomic mass is 10.2. The summed E-state index contributed by atoms with van der Waals surface area (Å²) >= 11 is 1.64. The third-order valence-corrected chi connectivity index (χ3v) is 3.81. The highest BCUT2D eigenvalue weighted by Gasteiger charge is 2.07. The number of hydrogen-bond donors (Lipinski definition) is 1. The summed E-state index contributed by atoms with van der Waals surface area (Å²) in [4.78, 5) is 3.37. The van der Waals surface area contributed by atoms with Gasteiger partial charge in [-0.15, -0.1) is 11.3 Å². The number of nitrogens with zero attached hydrogens (tertiary/aromatic N) is 1. The van der Waals surface area contributed by atoms with Crippen LogP contribution in [0.1, 0.15) is 17.4 Å². The molecule has 2 nitrogen and oxygen atoms in total. The molecular formula is C16H16FNOS. The molecule has 0 saturated carbocycles. The first kappa shape index (κ1) is 14.6. The van der Waals surface area contributed by atoms with Crippen molar-refractivity contribution >= 4 is 17.0 Å². The van der Waals surface area contributed by atoms with Gasteiger partial charge in [-0.05, 0) is 37.3 Å². The molecule has 4 heteroatoms. The van der Waals surface area contributed by atoms with Gasteiger partial charge in [0.2, 0.25) is 0 Å². The molecule has 1 N–H and O–H groups in total. The highest BCUT2D eigenvalue weighted by molar-refractivity contribution is 7.10. The predicted octanol–water partition coefficient (Wildman–Crippen LogP) is 3.26. The summed E-state index contributed by atoms with van der Waals surface area (Å²) in [5, 5.41) is 10.7. The average molecular weight is 289 g/mol. The molecule has 0 spiro atoms. The number of aliphatic hydroxyl groups excluding tert-OH is 1. The van der Waals surface area contributed by atoms with Crippen LogP contribution in [-0.2, 0) is 6.54 Å². The van der Waals surface area contributed by atoms with Crippen LogP contribution in [0.4, 0.5) is 10.1 Å². The van der Waals surface area contributed by atoms with E-state index in [2.05, 4.69) is 23.7 Å². The van der Waals surface area contributed by atoms with Crippen molar-refractivity contribution in [3.8, 4) is 11.8 Å². The molecule has 0 bridgehead atoms. The number of aliphatic hydroxyl groups is 1. The van der Waals surface area contributed by atoms with Crippen LogP contribution in [0, 0.1) is 17.7 Å². The Morgan fingerprint density at radius 3 is 2.70 bits per heavy atom. The van der Waals surface area contributed by atoms with E-state index in [1.807, 2.05) is 11.4 Å². The van der Waals surface area contributed by atoms with E-state index in [9.17, 15) is 4.39 Å². The molecule has 2 rings (SSSR count). The molecule has 1 heterocycles. The first-order valence-electron chi connectivity index (χ1n) is 6.40. The zero-order chi connectivity index (χ0) is 14.4. The Balaban J connectivity index is 2.10. The van der Waals surface area contributed by atoms with E-state index in [0.717, 1.165) is 24.3 Å². The largest absolute Gasteiger partial charge is 0.384 e. The number of benzene rings is 1. The van der Waals surface area contributed by atoms with Crippen molar-refractivity contribution in [2.24, 2.45) is 0 Å². The third-order valence-electron chi connectivity index (χ3n) is 2.89. The van der Waals surface area contributed by atoms with Gasteiger partial charge in [0.15, 0.2) is 0 Å². The van der Waals surface area contributed by atoms with E-state index < -0.39 is 0 Å². The molecule has 0 saturated heterocycles. The van der Waals surface area contributed by atoms with Crippen molar-refractivity contribution in [1.29, 1.82) is 0 Å². The Hall–Kier alpha value is -1.83. The normalized spacial score (nSPS) is 9.95. The number of anilines is 1. The van der Waals surface area contributed by atoms with Gasteiger partial charge in [-0.1, -0.05) is 11.8 Å². The average Bonchev–Trinajstić information content (AvgIpc) is 2.91. The molecule has 0 unspecified atom stereocenters. The van der Waals surface area contributed by atoms with Crippen LogP contribution >= 0.6 is 11.3 Å². The molecule has 0 radical (unpaired) electrons. The van der Waals surface area contributed by atoms with Gasteiger partial charge in [0.1, 0.15) is 12.4 Å². The second-order valence-corrected chi connectivity index (χ2v) is 5.25. The molecule has 0 fully saturated rings. The third kappa shape index (κ3) is 3.83. The highest BCUT2D eigenvalue weighted by atomic mass is 32.1. The lowest BCUT2D eigenvalue weighted by molar-refractivity contribution is 0.350. The van der Waals surface area contributed by atoms with Crippen LogP contribution in [-0.4, -0.2) is 18.3 Å². The maximum absolute atomic E-state index is 13.0. The maximum atomic E-state index is 13.0. The SMILES string of the molecule is CCN(Cc1cc(C#CCO)cs1)c1ccc(F)cc1. The van der Waals surface area contributed by atoms with Gasteiger partial charge >= 0.3 is 0 Å². The van der Waals surface area contributed by atoms with Crippen LogP contribution in [0.3, 0.4) is 0 Å². The van der Waals surface area contributed by atoms with Crippen LogP contribution in [0.25, 0.3) is 0 Å². The summed E-state index contributed by atoms with van der Waals surface area (Å²) in [5.41, 5.74) is 1.93. The Labute approximate surface area is 122 Å². The number of rotatable bonds is 4. The first-order valence-corrected chi connectivity index (χ1v) is 7.28. The fraction of sp³-hybridized carbons (Fsp3) is 0.250. The molecular weight excluding hydrogens is 273 g/mol. The molecule has 0 aliphatic heterocycles. The fourth-order valence-corrected chi connectivity index (χ4v) is 2.73. The summed E-state index contributed by atoms with van der Waals surface area (Å²) in [6, 6.07) is 8.56. The second-order valence-electron chi connectivity index (χ2n) is 4.25. The van der Waals surface area contributed by atoms with Gasteiger partial charge < -0.3 is 10.0 Å². The van der Waals surface area contributed by atoms with E-state index >= 15 is 0 Å². The molecule has 2 aromatic rings. The van der Waals surface area contributed by atoms with Crippen LogP contribution in [0.15, 0.2) is 35.7 Å². The monoisotopic (exact) mass is 289 g/mol. The van der Waals surface area contributed by atoms with Gasteiger partial charge in [0.25, 0.3) is 0 Å². The van der Waals surface area contributed by atoms with Crippen LogP contribution < -0.4 is 4.90 Å². The highest BCUT2D eigenvalue weighted by Crippen LogP contribution is 2.21. The molecule has 0 aliphatic rings. The topological polar surface area (TPSA) is 23.5 Å². The Morgan fingerprint density at radius 1 is 1.30 bits per heavy atom. The molecule has 1 aromatic heterocycles. The summed E-state index contributed by atoms with van der Waals surface area (Å²) < 4.78 is 13.0. The van der Waals surface area contributed by atoms with Gasteiger partial charge in [-0.2, -0.15) is 0 Å². The number of hydrogen-bond acceptors (Lipinski definition) is 3. The lowest BCUT2D eigenvalue weighted by Crippen LogP contribution is -2.21. The smallest absolute Gasteiger partial charge is 0.123 e. The van der Waals surface area contributed by atoms with Crippen LogP contribution in [0.2, 0.25) is 0 Å². The summed E-state index contributed by atoms with van der Waals surface area (Å²) in [6.45, 7) is 3.57. The molecule has 0 amide bonds. The molecule has 1 aromatic carbocycles. The second kappa shape index (κ2) is 7.09. The van der Waals surface area contributed by atoms with E-state index in [1.54, 1.807) is 23.5 Å². The van der Waals surface area contributed by atoms with E-state index in [4.69, 9.17) is 5.11 Å². The van der Waals surface area contributed by atoms with Crippen LogP contribution in [0.5, 0.6) is 0 Å². The zero-order valence-electron chi connectivity index (χ0n) is 11.3. The lowest BCUT2D eigenvalue weighted by Gasteiger charge is -2.22. The van der Waals surface area contributed by atoms with Crippen molar-refractivity contribution in [2.45, 2.75) is 13.5 Å². The Kier molecular flexibility index (Phi) is 5.16. The van der Waals surface area contributed by atoms with Gasteiger partial charge in [0, 0.05) is 28.1 Å². The Bertz CT molecular complexity index is 609. The molecule has 104 valence electrons. The Morgan fingerprint density at radius 2 is 2.05 bits per heavy atom. The zero-order valence-corrected chi connectivity index (χ0v) is 12.1. The van der Waals surface area contributed by atoms with Crippen molar-refractivity contribution < 1.29 is 9.50 Å². The van der Waals surface area contributed by atoms with Gasteiger partial charge in [-0.25, -0.2) is 4.39 Å². The summed E-state index contributed by atoms with van der Waals surface area (Å²) in [6.07, 6.45) is 0. The van der Waals surface area contributed by atoms with Gasteiger partial charge in [0.05, 0.1) is 6.54 Å². The van der Waals surface area contributed by atoms with E-state index in [0.29, 0.717) is 0 Å². The van der Waals surface area contributed by atoms with Crippen molar-refractivity contribution in [3.05, 3.63) is 52.0 Å². The first-order chi connectivity index (χ1) is 9.72. The standard InChI is InChI=1S/C16H16FNOS/c1-2-18(15-7-5-14(17)6-8-15)11-16-10-13(12-20-16)4-3-9-19/h5-8,10,12,19H,2,9,11H2,1H3. The molecule has 0 aliphatic carbocycles. The van der Waals surface area contributed by atoms with Crippen molar-refractivity contribution in [1.82, 2.24) is 0 Å². The number of thiophene rings is 1. The predicted molar refractivity (Wildman–Crippen MR) is 81.4 cm³/mol. The number of halogens is 1. The maximum Gasteiger partial charge on any atom is 0.123 e.